The lowest BCUT2D eigenvalue weighted by Gasteiger charge is -2.18. The van der Waals surface area contributed by atoms with Crippen LogP contribution >= 0.6 is 35.0 Å². The molecule has 0 aromatic carbocycles. The summed E-state index contributed by atoms with van der Waals surface area (Å²) in [6, 6.07) is -2.80. The van der Waals surface area contributed by atoms with Gasteiger partial charge in [0, 0.05) is 12.2 Å². The van der Waals surface area contributed by atoms with E-state index in [-0.39, 0.29) is 6.42 Å². The second kappa shape index (κ2) is 12.0. The molecule has 2 amide bonds. The molecule has 28 heavy (non-hydrogen) atoms. The van der Waals surface area contributed by atoms with Crippen LogP contribution in [0.4, 0.5) is 13.2 Å². The van der Waals surface area contributed by atoms with Gasteiger partial charge >= 0.3 is 18.1 Å². The van der Waals surface area contributed by atoms with Crippen LogP contribution in [-0.4, -0.2) is 64.5 Å². The van der Waals surface area contributed by atoms with Crippen LogP contribution in [0, 0.1) is 0 Å². The van der Waals surface area contributed by atoms with E-state index in [2.05, 4.69) is 5.32 Å². The molecule has 0 heterocycles. The van der Waals surface area contributed by atoms with E-state index in [0.29, 0.717) is 11.8 Å². The summed E-state index contributed by atoms with van der Waals surface area (Å²) in [4.78, 5) is 44.9. The zero-order chi connectivity index (χ0) is 22.1. The second-order valence-electron chi connectivity index (χ2n) is 5.11. The smallest absolute Gasteiger partial charge is 0.428 e. The Bertz CT molecular complexity index is 647. The van der Waals surface area contributed by atoms with Gasteiger partial charge in [-0.05, 0) is 6.42 Å². The van der Waals surface area contributed by atoms with E-state index >= 15 is 0 Å². The van der Waals surface area contributed by atoms with E-state index in [9.17, 15) is 32.3 Å². The summed E-state index contributed by atoms with van der Waals surface area (Å²) in [5.74, 6) is -5.07. The number of amides is 2. The Balaban J connectivity index is 5.06. The fourth-order valence-corrected chi connectivity index (χ4v) is 2.73. The highest BCUT2D eigenvalue weighted by Crippen LogP contribution is 2.37. The van der Waals surface area contributed by atoms with Gasteiger partial charge in [-0.15, -0.1) is 11.8 Å². The van der Waals surface area contributed by atoms with Crippen molar-refractivity contribution >= 4 is 58.7 Å². The zero-order valence-electron chi connectivity index (χ0n) is 13.9. The third-order valence-corrected chi connectivity index (χ3v) is 4.95. The van der Waals surface area contributed by atoms with Crippen LogP contribution in [0.3, 0.4) is 0 Å². The molecule has 0 aliphatic rings. The maximum absolute atomic E-state index is 12.5. The maximum Gasteiger partial charge on any atom is 0.428 e. The van der Waals surface area contributed by atoms with Gasteiger partial charge in [-0.25, -0.2) is 0 Å². The van der Waals surface area contributed by atoms with Gasteiger partial charge in [0.15, 0.2) is 0 Å². The van der Waals surface area contributed by atoms with E-state index in [0.717, 1.165) is 0 Å². The van der Waals surface area contributed by atoms with Gasteiger partial charge in [0.1, 0.15) is 23.7 Å². The molecule has 0 spiro atoms. The van der Waals surface area contributed by atoms with Gasteiger partial charge < -0.3 is 26.6 Å². The fraction of sp³-hybridized carbons (Fsp3) is 0.538. The van der Waals surface area contributed by atoms with Gasteiger partial charge in [-0.3, -0.25) is 19.2 Å². The van der Waals surface area contributed by atoms with E-state index in [1.54, 1.807) is 0 Å². The molecule has 0 aliphatic carbocycles. The number of carbonyl (C=O) groups is 4. The molecule has 0 fully saturated rings. The number of hydrogen-bond donors (Lipinski definition) is 5. The third-order valence-electron chi connectivity index (χ3n) is 2.86. The molecule has 15 heteroatoms. The van der Waals surface area contributed by atoms with Crippen molar-refractivity contribution in [3.8, 4) is 0 Å². The summed E-state index contributed by atoms with van der Waals surface area (Å²) >= 11 is 10.8. The molecule has 160 valence electrons. The molecule has 0 unspecified atom stereocenters. The number of aliphatic carboxylic acids is 2. The molecule has 9 nitrogen and oxygen atoms in total. The van der Waals surface area contributed by atoms with Gasteiger partial charge in [0.2, 0.25) is 11.8 Å². The molecule has 2 atom stereocenters. The molecular weight excluding hydrogens is 454 g/mol. The lowest BCUT2D eigenvalue weighted by molar-refractivity contribution is -0.139. The highest BCUT2D eigenvalue weighted by molar-refractivity contribution is 8.04. The number of carbonyl (C=O) groups excluding carboxylic acids is 2. The zero-order valence-corrected chi connectivity index (χ0v) is 16.2. The van der Waals surface area contributed by atoms with E-state index in [4.69, 9.17) is 39.1 Å². The third kappa shape index (κ3) is 10.6. The number of halogens is 5. The van der Waals surface area contributed by atoms with Gasteiger partial charge in [-0.2, -0.15) is 13.2 Å². The lowest BCUT2D eigenvalue weighted by Crippen LogP contribution is -2.49. The van der Waals surface area contributed by atoms with Crippen LogP contribution in [0.25, 0.3) is 0 Å². The Hall–Kier alpha value is -1.70. The monoisotopic (exact) mass is 469 g/mol. The Labute approximate surface area is 170 Å². The summed E-state index contributed by atoms with van der Waals surface area (Å²) in [7, 11) is 0. The van der Waals surface area contributed by atoms with E-state index < -0.39 is 70.1 Å². The highest BCUT2D eigenvalue weighted by Gasteiger charge is 2.35. The summed E-state index contributed by atoms with van der Waals surface area (Å²) in [6.45, 7) is -0.799. The van der Waals surface area contributed by atoms with Gasteiger partial charge in [-0.1, -0.05) is 23.2 Å². The van der Waals surface area contributed by atoms with Crippen molar-refractivity contribution < 1.29 is 42.6 Å². The molecule has 0 bridgehead atoms. The van der Waals surface area contributed by atoms with Crippen LogP contribution in [0.1, 0.15) is 12.8 Å². The predicted molar refractivity (Wildman–Crippen MR) is 94.7 cm³/mol. The number of thioether (sulfide) groups is 1. The first kappa shape index (κ1) is 26.3. The molecule has 0 aromatic heterocycles. The minimum atomic E-state index is -4.91. The normalized spacial score (nSPS) is 14.5. The largest absolute Gasteiger partial charge is 0.480 e. The molecule has 6 N–H and O–H groups in total. The summed E-state index contributed by atoms with van der Waals surface area (Å²) in [5.41, 5.74) is 5.24. The molecule has 0 aliphatic heterocycles. The minimum absolute atomic E-state index is 0.266. The van der Waals surface area contributed by atoms with Gasteiger partial charge in [0.05, 0.1) is 4.36 Å². The minimum Gasteiger partial charge on any atom is -0.480 e. The molecule has 0 saturated heterocycles. The van der Waals surface area contributed by atoms with Crippen molar-refractivity contribution in [3.05, 3.63) is 9.40 Å². The maximum atomic E-state index is 12.5. The van der Waals surface area contributed by atoms with Crippen molar-refractivity contribution in [2.24, 2.45) is 5.73 Å². The molecular formula is C13H16Cl2F3N3O6S. The number of alkyl halides is 3. The van der Waals surface area contributed by atoms with Crippen LogP contribution < -0.4 is 16.4 Å². The number of nitrogens with two attached hydrogens (primary N) is 1. The topological polar surface area (TPSA) is 159 Å². The van der Waals surface area contributed by atoms with Crippen molar-refractivity contribution in [1.29, 1.82) is 0 Å². The number of allylic oxidation sites excluding steroid dienone is 1. The van der Waals surface area contributed by atoms with Crippen LogP contribution in [0.15, 0.2) is 9.40 Å². The number of rotatable bonds is 11. The Morgan fingerprint density at radius 1 is 1.14 bits per heavy atom. The van der Waals surface area contributed by atoms with Crippen molar-refractivity contribution in [2.75, 3.05) is 12.3 Å². The van der Waals surface area contributed by atoms with E-state index in [1.165, 1.54) is 0 Å². The SMILES string of the molecule is N[C@@H](CCC(=O)N[C@@H](CS/C(Cl)=C(/Cl)C(F)(F)F)C(=O)NCC(=O)O)C(=O)O. The quantitative estimate of drug-likeness (QED) is 0.297. The van der Waals surface area contributed by atoms with Crippen molar-refractivity contribution in [3.63, 3.8) is 0 Å². The lowest BCUT2D eigenvalue weighted by atomic mass is 10.1. The molecule has 0 saturated carbocycles. The molecule has 0 radical (unpaired) electrons. The van der Waals surface area contributed by atoms with Crippen LogP contribution in [0.2, 0.25) is 0 Å². The fourth-order valence-electron chi connectivity index (χ4n) is 1.48. The standard InChI is InChI=1S/C13H16Cl2F3N3O6S/c14-9(13(16,17)18)10(15)28-4-6(11(25)20-3-8(23)24)21-7(22)2-1-5(19)12(26)27/h5-6H,1-4,19H2,(H,20,25)(H,21,22)(H,23,24)(H,26,27)/b10-9+/t5-,6-/m0/s1. The average molecular weight is 470 g/mol. The van der Waals surface area contributed by atoms with Gasteiger partial charge in [0.25, 0.3) is 0 Å². The second-order valence-corrected chi connectivity index (χ2v) is 7.12. The van der Waals surface area contributed by atoms with Crippen LogP contribution in [0.5, 0.6) is 0 Å². The van der Waals surface area contributed by atoms with Crippen LogP contribution in [-0.2, 0) is 19.2 Å². The highest BCUT2D eigenvalue weighted by atomic mass is 35.5. The number of hydrogen-bond acceptors (Lipinski definition) is 6. The number of carboxylic acids is 2. The number of carboxylic acid groups (broad SMARTS) is 2. The summed E-state index contributed by atoms with van der Waals surface area (Å²) in [5, 5.41) is 19.7. The molecule has 0 rings (SSSR count). The van der Waals surface area contributed by atoms with Crippen molar-refractivity contribution in [1.82, 2.24) is 10.6 Å². The first-order chi connectivity index (χ1) is 12.8. The Morgan fingerprint density at radius 2 is 1.71 bits per heavy atom. The average Bonchev–Trinajstić information content (AvgIpc) is 2.58. The first-order valence-electron chi connectivity index (χ1n) is 7.28. The summed E-state index contributed by atoms with van der Waals surface area (Å²) < 4.78 is 36.6. The predicted octanol–water partition coefficient (Wildman–Crippen LogP) is 0.806. The van der Waals surface area contributed by atoms with E-state index in [1.807, 2.05) is 5.32 Å². The summed E-state index contributed by atoms with van der Waals surface area (Å²) in [6.07, 6.45) is -5.57. The Kier molecular flexibility index (Phi) is 11.3. The van der Waals surface area contributed by atoms with Crippen molar-refractivity contribution in [2.45, 2.75) is 31.1 Å². The first-order valence-corrected chi connectivity index (χ1v) is 9.02. The number of nitrogens with one attached hydrogen (secondary N) is 2. The molecule has 0 aromatic rings. The Morgan fingerprint density at radius 3 is 2.18 bits per heavy atom.